The molecule has 4 heterocycles. The molecule has 2 aliphatic rings. The van der Waals surface area contributed by atoms with Crippen LogP contribution in [0.15, 0.2) is 47.8 Å². The summed E-state index contributed by atoms with van der Waals surface area (Å²) >= 11 is 6.42. The standard InChI is InChI=1S/C26H31ClFN9O2/c27-19-13-22(15-23(14-19)36-5-3-35(4-6-36)7-10-38)32-21-2-1-20(29-16-21)17-31-34-26-30-18-24(28)25(33-26)37-8-11-39-12-9-37/h1-2,13-18,32,38H,3-12H2,(H,30,33,34)/b31-17+. The SMILES string of the molecule is OCCN1CCN(c2cc(Cl)cc(Nc3ccc(/C=N/Nc4ncc(F)c(N5CCOCC5)n4)nc3)c2)CC1. The molecule has 0 amide bonds. The fraction of sp³-hybridized carbons (Fsp3) is 0.385. The molecule has 0 unspecified atom stereocenters. The molecule has 0 radical (unpaired) electrons. The first kappa shape index (κ1) is 27.0. The minimum Gasteiger partial charge on any atom is -0.395 e. The molecule has 0 saturated carbocycles. The predicted molar refractivity (Wildman–Crippen MR) is 151 cm³/mol. The Hall–Kier alpha value is -3.58. The van der Waals surface area contributed by atoms with Crippen LogP contribution in [0.25, 0.3) is 0 Å². The third-order valence-electron chi connectivity index (χ3n) is 6.51. The number of β-amino-alcohol motifs (C(OH)–C–C–N with tert-alkyl or cyclic N) is 1. The van der Waals surface area contributed by atoms with Gasteiger partial charge in [-0.25, -0.2) is 14.8 Å². The lowest BCUT2D eigenvalue weighted by molar-refractivity contribution is 0.122. The molecule has 206 valence electrons. The number of rotatable bonds is 9. The maximum Gasteiger partial charge on any atom is 0.245 e. The molecule has 2 saturated heterocycles. The van der Waals surface area contributed by atoms with Crippen molar-refractivity contribution in [3.8, 4) is 0 Å². The number of morpholine rings is 1. The van der Waals surface area contributed by atoms with Crippen molar-refractivity contribution >= 4 is 46.6 Å². The van der Waals surface area contributed by atoms with Gasteiger partial charge in [-0.1, -0.05) is 11.6 Å². The van der Waals surface area contributed by atoms with Crippen LogP contribution in [0.1, 0.15) is 5.69 Å². The van der Waals surface area contributed by atoms with E-state index in [0.717, 1.165) is 49.4 Å². The minimum absolute atomic E-state index is 0.180. The molecule has 2 aromatic heterocycles. The predicted octanol–water partition coefficient (Wildman–Crippen LogP) is 2.80. The molecular formula is C26H31ClFN9O2. The number of piperazine rings is 1. The Morgan fingerprint density at radius 3 is 2.56 bits per heavy atom. The molecule has 0 bridgehead atoms. The molecule has 13 heteroatoms. The van der Waals surface area contributed by atoms with Crippen LogP contribution in [0.2, 0.25) is 5.02 Å². The highest BCUT2D eigenvalue weighted by atomic mass is 35.5. The van der Waals surface area contributed by atoms with Crippen LogP contribution in [0.5, 0.6) is 0 Å². The zero-order chi connectivity index (χ0) is 27.0. The summed E-state index contributed by atoms with van der Waals surface area (Å²) in [7, 11) is 0. The highest BCUT2D eigenvalue weighted by Crippen LogP contribution is 2.28. The van der Waals surface area contributed by atoms with E-state index in [1.807, 2.05) is 29.2 Å². The van der Waals surface area contributed by atoms with E-state index in [2.05, 4.69) is 46.7 Å². The Balaban J connectivity index is 1.17. The lowest BCUT2D eigenvalue weighted by atomic mass is 10.2. The number of hydrazone groups is 1. The van der Waals surface area contributed by atoms with Crippen molar-refractivity contribution in [2.45, 2.75) is 0 Å². The molecule has 0 aliphatic carbocycles. The van der Waals surface area contributed by atoms with Gasteiger partial charge in [-0.3, -0.25) is 9.88 Å². The van der Waals surface area contributed by atoms with E-state index >= 15 is 0 Å². The number of ether oxygens (including phenoxy) is 1. The van der Waals surface area contributed by atoms with E-state index in [1.165, 1.54) is 0 Å². The number of aliphatic hydroxyl groups excluding tert-OH is 1. The first-order valence-corrected chi connectivity index (χ1v) is 13.2. The number of halogens is 2. The van der Waals surface area contributed by atoms with Gasteiger partial charge in [-0.15, -0.1) is 0 Å². The van der Waals surface area contributed by atoms with Crippen LogP contribution in [0, 0.1) is 5.82 Å². The van der Waals surface area contributed by atoms with E-state index in [-0.39, 0.29) is 18.4 Å². The van der Waals surface area contributed by atoms with Crippen LogP contribution < -0.4 is 20.5 Å². The largest absolute Gasteiger partial charge is 0.395 e. The van der Waals surface area contributed by atoms with Gasteiger partial charge in [-0.05, 0) is 30.3 Å². The molecule has 1 aromatic carbocycles. The lowest BCUT2D eigenvalue weighted by Gasteiger charge is -2.36. The lowest BCUT2D eigenvalue weighted by Crippen LogP contribution is -2.47. The molecule has 3 N–H and O–H groups in total. The highest BCUT2D eigenvalue weighted by molar-refractivity contribution is 6.31. The minimum atomic E-state index is -0.483. The number of hydrogen-bond donors (Lipinski definition) is 3. The Labute approximate surface area is 231 Å². The first-order valence-electron chi connectivity index (χ1n) is 12.8. The quantitative estimate of drug-likeness (QED) is 0.269. The van der Waals surface area contributed by atoms with E-state index in [9.17, 15) is 4.39 Å². The number of aliphatic hydroxyl groups is 1. The second-order valence-electron chi connectivity index (χ2n) is 9.18. The Bertz CT molecular complexity index is 1270. The molecule has 2 aliphatic heterocycles. The number of hydrogen-bond acceptors (Lipinski definition) is 11. The van der Waals surface area contributed by atoms with Gasteiger partial charge < -0.3 is 25.0 Å². The molecule has 3 aromatic rings. The molecule has 0 atom stereocenters. The number of pyridine rings is 1. The highest BCUT2D eigenvalue weighted by Gasteiger charge is 2.19. The summed E-state index contributed by atoms with van der Waals surface area (Å²) < 4.78 is 19.5. The zero-order valence-corrected chi connectivity index (χ0v) is 22.2. The third kappa shape index (κ3) is 7.30. The second kappa shape index (κ2) is 13.0. The van der Waals surface area contributed by atoms with E-state index in [1.54, 1.807) is 12.4 Å². The normalized spacial score (nSPS) is 16.6. The first-order chi connectivity index (χ1) is 19.1. The van der Waals surface area contributed by atoms with Gasteiger partial charge in [0.05, 0.1) is 49.8 Å². The fourth-order valence-corrected chi connectivity index (χ4v) is 4.72. The number of nitrogens with one attached hydrogen (secondary N) is 2. The van der Waals surface area contributed by atoms with Crippen molar-refractivity contribution in [1.29, 1.82) is 0 Å². The molecule has 11 nitrogen and oxygen atoms in total. The molecule has 2 fully saturated rings. The van der Waals surface area contributed by atoms with Crippen molar-refractivity contribution in [2.75, 3.05) is 86.2 Å². The van der Waals surface area contributed by atoms with Crippen LogP contribution in [0.3, 0.4) is 0 Å². The summed E-state index contributed by atoms with van der Waals surface area (Å²) in [6.07, 6.45) is 4.38. The fourth-order valence-electron chi connectivity index (χ4n) is 4.49. The summed E-state index contributed by atoms with van der Waals surface area (Å²) in [4.78, 5) is 19.0. The van der Waals surface area contributed by atoms with Crippen molar-refractivity contribution in [1.82, 2.24) is 19.9 Å². The van der Waals surface area contributed by atoms with Gasteiger partial charge in [0.15, 0.2) is 11.6 Å². The smallest absolute Gasteiger partial charge is 0.245 e. The number of benzene rings is 1. The van der Waals surface area contributed by atoms with Gasteiger partial charge in [0, 0.05) is 62.2 Å². The third-order valence-corrected chi connectivity index (χ3v) is 6.73. The monoisotopic (exact) mass is 555 g/mol. The molecule has 39 heavy (non-hydrogen) atoms. The van der Waals surface area contributed by atoms with Crippen LogP contribution in [-0.4, -0.2) is 96.8 Å². The van der Waals surface area contributed by atoms with Crippen molar-refractivity contribution < 1.29 is 14.2 Å². The Morgan fingerprint density at radius 1 is 1.00 bits per heavy atom. The zero-order valence-electron chi connectivity index (χ0n) is 21.4. The van der Waals surface area contributed by atoms with E-state index in [4.69, 9.17) is 21.4 Å². The average molecular weight is 556 g/mol. The number of anilines is 5. The number of aromatic nitrogens is 3. The summed E-state index contributed by atoms with van der Waals surface area (Å²) in [6, 6.07) is 9.63. The van der Waals surface area contributed by atoms with E-state index in [0.29, 0.717) is 43.6 Å². The molecular weight excluding hydrogens is 525 g/mol. The van der Waals surface area contributed by atoms with Crippen molar-refractivity contribution in [3.05, 3.63) is 59.3 Å². The van der Waals surface area contributed by atoms with Gasteiger partial charge in [0.25, 0.3) is 0 Å². The van der Waals surface area contributed by atoms with Crippen molar-refractivity contribution in [2.24, 2.45) is 5.10 Å². The van der Waals surface area contributed by atoms with Gasteiger partial charge in [-0.2, -0.15) is 10.1 Å². The molecule has 0 spiro atoms. The second-order valence-corrected chi connectivity index (χ2v) is 9.62. The maximum atomic E-state index is 14.2. The van der Waals surface area contributed by atoms with Crippen LogP contribution >= 0.6 is 11.6 Å². The van der Waals surface area contributed by atoms with Gasteiger partial charge in [0.1, 0.15) is 0 Å². The summed E-state index contributed by atoms with van der Waals surface area (Å²) in [5.74, 6) is -0.0599. The maximum absolute atomic E-state index is 14.2. The number of nitrogens with zero attached hydrogens (tertiary/aromatic N) is 7. The topological polar surface area (TPSA) is 114 Å². The van der Waals surface area contributed by atoms with Gasteiger partial charge >= 0.3 is 0 Å². The summed E-state index contributed by atoms with van der Waals surface area (Å²) in [5, 5.41) is 17.3. The average Bonchev–Trinajstić information content (AvgIpc) is 2.96. The summed E-state index contributed by atoms with van der Waals surface area (Å²) in [5.41, 5.74) is 6.08. The Morgan fingerprint density at radius 2 is 1.82 bits per heavy atom. The van der Waals surface area contributed by atoms with Crippen LogP contribution in [0.4, 0.5) is 33.2 Å². The van der Waals surface area contributed by atoms with Crippen LogP contribution in [-0.2, 0) is 4.74 Å². The Kier molecular flexibility index (Phi) is 8.99. The molecule has 5 rings (SSSR count). The summed E-state index contributed by atoms with van der Waals surface area (Å²) in [6.45, 7) is 6.64. The van der Waals surface area contributed by atoms with Gasteiger partial charge in [0.2, 0.25) is 5.95 Å². The van der Waals surface area contributed by atoms with E-state index < -0.39 is 5.82 Å². The van der Waals surface area contributed by atoms with Crippen molar-refractivity contribution in [3.63, 3.8) is 0 Å².